The van der Waals surface area contributed by atoms with Gasteiger partial charge in [-0.15, -0.1) is 0 Å². The Bertz CT molecular complexity index is 1220. The van der Waals surface area contributed by atoms with Crippen molar-refractivity contribution in [3.05, 3.63) is 96.3 Å². The smallest absolute Gasteiger partial charge is 0.143 e. The van der Waals surface area contributed by atoms with Gasteiger partial charge in [0.25, 0.3) is 0 Å². The quantitative estimate of drug-likeness (QED) is 0.284. The molecular formula is C24H24N6O. The van der Waals surface area contributed by atoms with Crippen molar-refractivity contribution in [3.63, 3.8) is 0 Å². The monoisotopic (exact) mass is 412 g/mol. The summed E-state index contributed by atoms with van der Waals surface area (Å²) in [6, 6.07) is 18.1. The SMILES string of the molecule is COc1cc(/C(C=NCc2cccc(-n3cccc3)c2)=N/N)ccc1-n1cnc(C)c1. The zero-order valence-electron chi connectivity index (χ0n) is 17.5. The van der Waals surface area contributed by atoms with Crippen molar-refractivity contribution in [2.75, 3.05) is 7.11 Å². The Labute approximate surface area is 181 Å². The molecule has 0 spiro atoms. The lowest BCUT2D eigenvalue weighted by molar-refractivity contribution is 0.413. The fraction of sp³-hybridized carbons (Fsp3) is 0.125. The lowest BCUT2D eigenvalue weighted by atomic mass is 10.1. The summed E-state index contributed by atoms with van der Waals surface area (Å²) in [4.78, 5) is 8.82. The number of hydrogen-bond donors (Lipinski definition) is 1. The number of hydrogen-bond acceptors (Lipinski definition) is 5. The molecule has 0 atom stereocenters. The first-order chi connectivity index (χ1) is 15.2. The molecule has 4 aromatic rings. The standard InChI is InChI=1S/C24H24N6O/c1-18-16-30(17-27-18)23-9-8-20(13-24(23)31-2)22(28-25)15-26-14-19-6-5-7-21(12-19)29-10-3-4-11-29/h3-13,15-17H,14,25H2,1-2H3/b26-15?,28-22+. The number of aryl methyl sites for hydroxylation is 1. The number of aromatic nitrogens is 3. The largest absolute Gasteiger partial charge is 0.495 e. The van der Waals surface area contributed by atoms with Gasteiger partial charge in [0, 0.05) is 36.1 Å². The van der Waals surface area contributed by atoms with Gasteiger partial charge in [0.05, 0.1) is 31.4 Å². The van der Waals surface area contributed by atoms with Crippen LogP contribution in [-0.2, 0) is 6.54 Å². The molecule has 0 aliphatic rings. The van der Waals surface area contributed by atoms with Crippen LogP contribution in [0.3, 0.4) is 0 Å². The van der Waals surface area contributed by atoms with E-state index in [9.17, 15) is 0 Å². The summed E-state index contributed by atoms with van der Waals surface area (Å²) in [5.41, 5.74) is 5.42. The highest BCUT2D eigenvalue weighted by molar-refractivity contribution is 6.38. The molecule has 156 valence electrons. The van der Waals surface area contributed by atoms with E-state index >= 15 is 0 Å². The van der Waals surface area contributed by atoms with Crippen LogP contribution >= 0.6 is 0 Å². The summed E-state index contributed by atoms with van der Waals surface area (Å²) in [6.07, 6.45) is 9.43. The van der Waals surface area contributed by atoms with Gasteiger partial charge in [-0.05, 0) is 48.9 Å². The van der Waals surface area contributed by atoms with Crippen LogP contribution in [0, 0.1) is 6.92 Å². The van der Waals surface area contributed by atoms with Crippen LogP contribution < -0.4 is 10.6 Å². The predicted molar refractivity (Wildman–Crippen MR) is 124 cm³/mol. The Morgan fingerprint density at radius 2 is 1.94 bits per heavy atom. The minimum Gasteiger partial charge on any atom is -0.495 e. The van der Waals surface area contributed by atoms with Gasteiger partial charge >= 0.3 is 0 Å². The van der Waals surface area contributed by atoms with E-state index in [2.05, 4.69) is 37.8 Å². The minimum atomic E-state index is 0.525. The summed E-state index contributed by atoms with van der Waals surface area (Å²) in [7, 11) is 1.64. The zero-order valence-corrected chi connectivity index (χ0v) is 17.5. The molecule has 0 radical (unpaired) electrons. The molecule has 4 rings (SSSR count). The molecule has 0 saturated heterocycles. The summed E-state index contributed by atoms with van der Waals surface area (Å²) < 4.78 is 9.56. The molecule has 2 N–H and O–H groups in total. The number of nitrogens with zero attached hydrogens (tertiary/aromatic N) is 5. The minimum absolute atomic E-state index is 0.525. The maximum atomic E-state index is 5.65. The number of hydrazone groups is 1. The molecule has 0 fully saturated rings. The van der Waals surface area contributed by atoms with Crippen LogP contribution in [0.5, 0.6) is 5.75 Å². The molecule has 2 heterocycles. The maximum Gasteiger partial charge on any atom is 0.143 e. The summed E-state index contributed by atoms with van der Waals surface area (Å²) in [5.74, 6) is 6.35. The van der Waals surface area contributed by atoms with Crippen molar-refractivity contribution >= 4 is 11.9 Å². The normalized spacial score (nSPS) is 11.9. The number of aliphatic imine (C=N–C) groups is 1. The van der Waals surface area contributed by atoms with Crippen molar-refractivity contribution in [2.45, 2.75) is 13.5 Å². The van der Waals surface area contributed by atoms with Crippen LogP contribution in [0.25, 0.3) is 11.4 Å². The number of imidazole rings is 1. The van der Waals surface area contributed by atoms with Crippen LogP contribution in [-0.4, -0.2) is 33.2 Å². The summed E-state index contributed by atoms with van der Waals surface area (Å²) >= 11 is 0. The lowest BCUT2D eigenvalue weighted by Gasteiger charge is -2.11. The number of ether oxygens (including phenoxy) is 1. The Morgan fingerprint density at radius 3 is 2.65 bits per heavy atom. The van der Waals surface area contributed by atoms with Crippen molar-refractivity contribution < 1.29 is 4.74 Å². The van der Waals surface area contributed by atoms with Crippen LogP contribution in [0.4, 0.5) is 0 Å². The van der Waals surface area contributed by atoms with Gasteiger partial charge < -0.3 is 19.7 Å². The topological polar surface area (TPSA) is 82.7 Å². The molecule has 31 heavy (non-hydrogen) atoms. The van der Waals surface area contributed by atoms with Gasteiger partial charge in [0.2, 0.25) is 0 Å². The molecule has 2 aromatic carbocycles. The molecule has 2 aromatic heterocycles. The summed E-state index contributed by atoms with van der Waals surface area (Å²) in [6.45, 7) is 2.47. The van der Waals surface area contributed by atoms with Crippen molar-refractivity contribution in [1.29, 1.82) is 0 Å². The van der Waals surface area contributed by atoms with Gasteiger partial charge in [-0.25, -0.2) is 4.98 Å². The Balaban J connectivity index is 1.52. The highest BCUT2D eigenvalue weighted by atomic mass is 16.5. The van der Waals surface area contributed by atoms with E-state index in [-0.39, 0.29) is 0 Å². The molecule has 0 aliphatic heterocycles. The fourth-order valence-electron chi connectivity index (χ4n) is 3.35. The average molecular weight is 412 g/mol. The highest BCUT2D eigenvalue weighted by Crippen LogP contribution is 2.24. The molecule has 7 nitrogen and oxygen atoms in total. The summed E-state index contributed by atoms with van der Waals surface area (Å²) in [5, 5.41) is 3.92. The van der Waals surface area contributed by atoms with E-state index in [0.717, 1.165) is 28.2 Å². The van der Waals surface area contributed by atoms with E-state index < -0.39 is 0 Å². The fourth-order valence-corrected chi connectivity index (χ4v) is 3.35. The van der Waals surface area contributed by atoms with Crippen molar-refractivity contribution in [1.82, 2.24) is 14.1 Å². The van der Waals surface area contributed by atoms with E-state index in [1.165, 1.54) is 0 Å². The van der Waals surface area contributed by atoms with Crippen molar-refractivity contribution in [2.24, 2.45) is 15.9 Å². The highest BCUT2D eigenvalue weighted by Gasteiger charge is 2.10. The molecule has 0 unspecified atom stereocenters. The predicted octanol–water partition coefficient (Wildman–Crippen LogP) is 3.91. The van der Waals surface area contributed by atoms with Crippen molar-refractivity contribution in [3.8, 4) is 17.1 Å². The Hall–Kier alpha value is -4.13. The second kappa shape index (κ2) is 9.13. The average Bonchev–Trinajstić information content (AvgIpc) is 3.49. The maximum absolute atomic E-state index is 5.65. The first-order valence-electron chi connectivity index (χ1n) is 9.87. The second-order valence-electron chi connectivity index (χ2n) is 7.05. The third-order valence-corrected chi connectivity index (χ3v) is 4.91. The van der Waals surface area contributed by atoms with Gasteiger partial charge in [0.1, 0.15) is 11.5 Å². The van der Waals surface area contributed by atoms with E-state index in [0.29, 0.717) is 18.0 Å². The van der Waals surface area contributed by atoms with Gasteiger partial charge in [-0.3, -0.25) is 4.99 Å². The Kier molecular flexibility index (Phi) is 5.93. The molecule has 0 saturated carbocycles. The molecule has 0 bridgehead atoms. The van der Waals surface area contributed by atoms with E-state index in [1.54, 1.807) is 19.7 Å². The lowest BCUT2D eigenvalue weighted by Crippen LogP contribution is -2.07. The zero-order chi connectivity index (χ0) is 21.6. The third-order valence-electron chi connectivity index (χ3n) is 4.91. The first-order valence-corrected chi connectivity index (χ1v) is 9.87. The van der Waals surface area contributed by atoms with Crippen LogP contribution in [0.15, 0.2) is 89.6 Å². The van der Waals surface area contributed by atoms with E-state index in [4.69, 9.17) is 10.6 Å². The molecule has 0 aliphatic carbocycles. The Morgan fingerprint density at radius 1 is 1.10 bits per heavy atom. The number of nitrogens with two attached hydrogens (primary N) is 1. The number of benzene rings is 2. The molecule has 0 amide bonds. The first kappa shape index (κ1) is 20.2. The molecule has 7 heteroatoms. The molecular weight excluding hydrogens is 388 g/mol. The second-order valence-corrected chi connectivity index (χ2v) is 7.05. The van der Waals surface area contributed by atoms with Gasteiger partial charge in [0.15, 0.2) is 0 Å². The number of rotatable bonds is 7. The van der Waals surface area contributed by atoms with Crippen LogP contribution in [0.1, 0.15) is 16.8 Å². The van der Waals surface area contributed by atoms with Crippen LogP contribution in [0.2, 0.25) is 0 Å². The number of methoxy groups -OCH3 is 1. The third kappa shape index (κ3) is 4.56. The van der Waals surface area contributed by atoms with Gasteiger partial charge in [-0.2, -0.15) is 5.10 Å². The van der Waals surface area contributed by atoms with E-state index in [1.807, 2.05) is 66.5 Å². The van der Waals surface area contributed by atoms with Gasteiger partial charge in [-0.1, -0.05) is 18.2 Å².